The van der Waals surface area contributed by atoms with Crippen LogP contribution in [0.1, 0.15) is 21.7 Å². The molecule has 9 heteroatoms. The molecule has 0 fully saturated rings. The van der Waals surface area contributed by atoms with Gasteiger partial charge < -0.3 is 10.1 Å². The molecule has 0 saturated carbocycles. The lowest BCUT2D eigenvalue weighted by Crippen LogP contribution is -2.13. The number of anilines is 1. The fourth-order valence-corrected chi connectivity index (χ4v) is 3.34. The average molecular weight is 440 g/mol. The van der Waals surface area contributed by atoms with Crippen LogP contribution in [-0.2, 0) is 6.54 Å². The monoisotopic (exact) mass is 439 g/mol. The highest BCUT2D eigenvalue weighted by Crippen LogP contribution is 2.24. The Labute approximate surface area is 182 Å². The van der Waals surface area contributed by atoms with Gasteiger partial charge in [0, 0.05) is 27.9 Å². The summed E-state index contributed by atoms with van der Waals surface area (Å²) in [5.74, 6) is 0.237. The Morgan fingerprint density at radius 3 is 2.81 bits per heavy atom. The van der Waals surface area contributed by atoms with Crippen LogP contribution in [0, 0.1) is 12.7 Å². The molecule has 2 heterocycles. The summed E-state index contributed by atoms with van der Waals surface area (Å²) >= 11 is 6.11. The maximum absolute atomic E-state index is 14.1. The third-order valence-corrected chi connectivity index (χ3v) is 5.13. The molecular weight excluding hydrogens is 421 g/mol. The second-order valence-electron chi connectivity index (χ2n) is 6.88. The number of methoxy groups -OCH3 is 1. The molecule has 0 unspecified atom stereocenters. The minimum atomic E-state index is -0.407. The Balaban J connectivity index is 1.49. The highest BCUT2D eigenvalue weighted by atomic mass is 35.5. The molecule has 0 aliphatic carbocycles. The van der Waals surface area contributed by atoms with Gasteiger partial charge in [0.2, 0.25) is 0 Å². The zero-order valence-corrected chi connectivity index (χ0v) is 17.6. The van der Waals surface area contributed by atoms with Crippen LogP contribution in [0.15, 0.2) is 54.6 Å². The van der Waals surface area contributed by atoms with Crippen molar-refractivity contribution in [3.05, 3.63) is 82.4 Å². The summed E-state index contributed by atoms with van der Waals surface area (Å²) in [4.78, 5) is 12.6. The number of amides is 1. The van der Waals surface area contributed by atoms with Gasteiger partial charge in [-0.25, -0.2) is 4.39 Å². The summed E-state index contributed by atoms with van der Waals surface area (Å²) < 4.78 is 20.9. The predicted molar refractivity (Wildman–Crippen MR) is 116 cm³/mol. The number of aromatic nitrogens is 4. The lowest BCUT2D eigenvalue weighted by Gasteiger charge is -2.07. The largest absolute Gasteiger partial charge is 0.497 e. The molecule has 0 bridgehead atoms. The molecule has 0 saturated heterocycles. The van der Waals surface area contributed by atoms with Crippen LogP contribution < -0.4 is 10.1 Å². The van der Waals surface area contributed by atoms with Crippen molar-refractivity contribution in [1.82, 2.24) is 20.0 Å². The van der Waals surface area contributed by atoms with E-state index in [1.54, 1.807) is 36.1 Å². The average Bonchev–Trinajstić information content (AvgIpc) is 3.38. The molecule has 4 aromatic rings. The number of aromatic amines is 1. The van der Waals surface area contributed by atoms with Crippen LogP contribution >= 0.6 is 11.6 Å². The van der Waals surface area contributed by atoms with Crippen LogP contribution in [0.2, 0.25) is 5.02 Å². The van der Waals surface area contributed by atoms with E-state index >= 15 is 0 Å². The Bertz CT molecular complexity index is 1230. The van der Waals surface area contributed by atoms with E-state index in [9.17, 15) is 9.18 Å². The summed E-state index contributed by atoms with van der Waals surface area (Å²) in [6.07, 6.45) is 0. The second kappa shape index (κ2) is 8.61. The first-order valence-electron chi connectivity index (χ1n) is 9.43. The van der Waals surface area contributed by atoms with Crippen molar-refractivity contribution in [2.45, 2.75) is 13.5 Å². The first kappa shape index (κ1) is 20.6. The summed E-state index contributed by atoms with van der Waals surface area (Å²) in [5.41, 5.74) is 2.79. The van der Waals surface area contributed by atoms with Crippen molar-refractivity contribution in [1.29, 1.82) is 0 Å². The van der Waals surface area contributed by atoms with Crippen molar-refractivity contribution in [3.8, 4) is 17.0 Å². The SMILES string of the molecule is COc1cccc(-c2cc(C(=O)Nc3cc(C)n(Cc4c(F)cccc4Cl)n3)[nH]n2)c1. The van der Waals surface area contributed by atoms with Gasteiger partial charge in [0.05, 0.1) is 19.3 Å². The number of hydrogen-bond donors (Lipinski definition) is 2. The Morgan fingerprint density at radius 2 is 2.03 bits per heavy atom. The first-order chi connectivity index (χ1) is 14.9. The number of carbonyl (C=O) groups excluding carboxylic acids is 1. The van der Waals surface area contributed by atoms with Gasteiger partial charge in [-0.3, -0.25) is 14.6 Å². The third kappa shape index (κ3) is 4.44. The Kier molecular flexibility index (Phi) is 5.73. The van der Waals surface area contributed by atoms with Gasteiger partial charge in [0.25, 0.3) is 5.91 Å². The van der Waals surface area contributed by atoms with E-state index in [0.717, 1.165) is 11.3 Å². The lowest BCUT2D eigenvalue weighted by molar-refractivity contribution is 0.102. The molecule has 2 N–H and O–H groups in total. The summed E-state index contributed by atoms with van der Waals surface area (Å²) in [6, 6.07) is 15.2. The Hall–Kier alpha value is -3.65. The molecule has 1 amide bonds. The van der Waals surface area contributed by atoms with Gasteiger partial charge in [-0.05, 0) is 37.3 Å². The van der Waals surface area contributed by atoms with Crippen molar-refractivity contribution >= 4 is 23.3 Å². The van der Waals surface area contributed by atoms with Crippen molar-refractivity contribution in [2.24, 2.45) is 0 Å². The van der Waals surface area contributed by atoms with Gasteiger partial charge in [-0.2, -0.15) is 10.2 Å². The smallest absolute Gasteiger partial charge is 0.274 e. The molecule has 0 spiro atoms. The maximum atomic E-state index is 14.1. The number of H-pyrrole nitrogens is 1. The van der Waals surface area contributed by atoms with Crippen molar-refractivity contribution < 1.29 is 13.9 Å². The number of halogens is 2. The van der Waals surface area contributed by atoms with Crippen LogP contribution in [0.4, 0.5) is 10.2 Å². The Morgan fingerprint density at radius 1 is 1.23 bits per heavy atom. The normalized spacial score (nSPS) is 10.8. The number of carbonyl (C=O) groups is 1. The lowest BCUT2D eigenvalue weighted by atomic mass is 10.1. The quantitative estimate of drug-likeness (QED) is 0.456. The molecular formula is C22H19ClFN5O2. The van der Waals surface area contributed by atoms with E-state index in [-0.39, 0.29) is 12.2 Å². The molecule has 0 aliphatic rings. The van der Waals surface area contributed by atoms with Crippen LogP contribution in [0.25, 0.3) is 11.3 Å². The highest BCUT2D eigenvalue weighted by molar-refractivity contribution is 6.31. The maximum Gasteiger partial charge on any atom is 0.274 e. The topological polar surface area (TPSA) is 84.8 Å². The minimum absolute atomic E-state index is 0.150. The molecule has 0 aliphatic heterocycles. The molecule has 0 radical (unpaired) electrons. The molecule has 2 aromatic carbocycles. The van der Waals surface area contributed by atoms with Crippen LogP contribution in [0.5, 0.6) is 5.75 Å². The van der Waals surface area contributed by atoms with Gasteiger partial charge in [0.1, 0.15) is 17.3 Å². The molecule has 4 rings (SSSR count). The summed E-state index contributed by atoms with van der Waals surface area (Å²) in [6.45, 7) is 1.96. The van der Waals surface area contributed by atoms with Crippen molar-refractivity contribution in [2.75, 3.05) is 12.4 Å². The van der Waals surface area contributed by atoms with Gasteiger partial charge >= 0.3 is 0 Å². The zero-order valence-electron chi connectivity index (χ0n) is 16.8. The van der Waals surface area contributed by atoms with Gasteiger partial charge in [-0.1, -0.05) is 29.8 Å². The molecule has 2 aromatic heterocycles. The third-order valence-electron chi connectivity index (χ3n) is 4.78. The van der Waals surface area contributed by atoms with E-state index in [2.05, 4.69) is 20.6 Å². The van der Waals surface area contributed by atoms with E-state index in [0.29, 0.717) is 27.8 Å². The van der Waals surface area contributed by atoms with Crippen LogP contribution in [-0.4, -0.2) is 33.0 Å². The number of rotatable bonds is 6. The van der Waals surface area contributed by atoms with Gasteiger partial charge in [0.15, 0.2) is 5.82 Å². The highest BCUT2D eigenvalue weighted by Gasteiger charge is 2.15. The zero-order chi connectivity index (χ0) is 22.0. The first-order valence-corrected chi connectivity index (χ1v) is 9.81. The van der Waals surface area contributed by atoms with Crippen molar-refractivity contribution in [3.63, 3.8) is 0 Å². The number of aryl methyl sites for hydroxylation is 1. The summed E-state index contributed by atoms with van der Waals surface area (Å²) in [5, 5.41) is 14.3. The molecule has 0 atom stereocenters. The summed E-state index contributed by atoms with van der Waals surface area (Å²) in [7, 11) is 1.59. The number of hydrogen-bond acceptors (Lipinski definition) is 4. The molecule has 158 valence electrons. The van der Waals surface area contributed by atoms with E-state index < -0.39 is 11.7 Å². The standard InChI is InChI=1S/C22H19ClFN5O2/c1-13-9-21(28-29(13)12-16-17(23)7-4-8-18(16)24)25-22(30)20-11-19(26-27-20)14-5-3-6-15(10-14)31-2/h3-11H,12H2,1-2H3,(H,26,27)(H,25,28,30). The number of ether oxygens (including phenoxy) is 1. The predicted octanol–water partition coefficient (Wildman–Crippen LogP) is 4.68. The molecule has 7 nitrogen and oxygen atoms in total. The number of benzene rings is 2. The number of nitrogens with one attached hydrogen (secondary N) is 2. The van der Waals surface area contributed by atoms with E-state index in [1.807, 2.05) is 31.2 Å². The fraction of sp³-hybridized carbons (Fsp3) is 0.136. The van der Waals surface area contributed by atoms with E-state index in [4.69, 9.17) is 16.3 Å². The fourth-order valence-electron chi connectivity index (χ4n) is 3.12. The minimum Gasteiger partial charge on any atom is -0.497 e. The van der Waals surface area contributed by atoms with Crippen LogP contribution in [0.3, 0.4) is 0 Å². The van der Waals surface area contributed by atoms with Gasteiger partial charge in [-0.15, -0.1) is 0 Å². The number of nitrogens with zero attached hydrogens (tertiary/aromatic N) is 3. The molecule has 31 heavy (non-hydrogen) atoms. The second-order valence-corrected chi connectivity index (χ2v) is 7.29. The van der Waals surface area contributed by atoms with E-state index in [1.165, 1.54) is 6.07 Å².